The van der Waals surface area contributed by atoms with Gasteiger partial charge >= 0.3 is 0 Å². The predicted octanol–water partition coefficient (Wildman–Crippen LogP) is 3.51. The number of rotatable bonds is 1. The Kier molecular flexibility index (Phi) is 2.07. The molecule has 0 aliphatic rings. The van der Waals surface area contributed by atoms with E-state index in [2.05, 4.69) is 20.9 Å². The van der Waals surface area contributed by atoms with Crippen molar-refractivity contribution in [2.45, 2.75) is 0 Å². The second-order valence-electron chi connectivity index (χ2n) is 2.62. The Morgan fingerprint density at radius 2 is 2.08 bits per heavy atom. The minimum absolute atomic E-state index is 0.497. The fourth-order valence-corrected chi connectivity index (χ4v) is 1.61. The fourth-order valence-electron chi connectivity index (χ4n) is 1.14. The van der Waals surface area contributed by atoms with Gasteiger partial charge < -0.3 is 0 Å². The zero-order valence-corrected chi connectivity index (χ0v) is 8.45. The second kappa shape index (κ2) is 3.71. The summed E-state index contributed by atoms with van der Waals surface area (Å²) in [6.07, 6.45) is 1.76. The molecule has 0 aliphatic heterocycles. The summed E-state index contributed by atoms with van der Waals surface area (Å²) in [6.45, 7) is 0. The molecular weight excluding hydrogens is 226 g/mol. The second-order valence-corrected chi connectivity index (χ2v) is 3.48. The van der Waals surface area contributed by atoms with Gasteiger partial charge in [-0.2, -0.15) is 0 Å². The van der Waals surface area contributed by atoms with E-state index in [1.165, 1.54) is 0 Å². The third kappa shape index (κ3) is 1.78. The van der Waals surface area contributed by atoms with Crippen LogP contribution < -0.4 is 0 Å². The number of hydrogen-bond donors (Lipinski definition) is 0. The van der Waals surface area contributed by atoms with Crippen LogP contribution in [0.4, 0.5) is 0 Å². The van der Waals surface area contributed by atoms with Gasteiger partial charge in [-0.15, -0.1) is 0 Å². The largest absolute Gasteiger partial charge is 0.256 e. The average molecular weight is 235 g/mol. The zero-order chi connectivity index (χ0) is 9.97. The van der Waals surface area contributed by atoms with E-state index < -0.39 is 0 Å². The first-order chi connectivity index (χ1) is 6.77. The van der Waals surface area contributed by atoms with Gasteiger partial charge in [0.15, 0.2) is 0 Å². The molecule has 0 spiro atoms. The average Bonchev–Trinajstić information content (AvgIpc) is 2.19. The summed E-state index contributed by atoms with van der Waals surface area (Å²) in [4.78, 5) is 4.25. The van der Waals surface area contributed by atoms with Gasteiger partial charge in [0.2, 0.25) is 0 Å². The van der Waals surface area contributed by atoms with Crippen molar-refractivity contribution in [1.29, 1.82) is 0 Å². The summed E-state index contributed by atoms with van der Waals surface area (Å²) in [5.41, 5.74) is 1.93. The molecule has 1 aromatic carbocycles. The molecule has 1 heterocycles. The Hall–Kier alpha value is -1.15. The van der Waals surface area contributed by atoms with Gasteiger partial charge in [0.25, 0.3) is 0 Å². The van der Waals surface area contributed by atoms with Crippen LogP contribution in [0.3, 0.4) is 0 Å². The third-order valence-electron chi connectivity index (χ3n) is 1.75. The highest BCUT2D eigenvalue weighted by Gasteiger charge is 2.00. The number of hydrogen-bond acceptors (Lipinski definition) is 1. The number of nitrogens with zero attached hydrogens (tertiary/aromatic N) is 1. The molecule has 0 saturated carbocycles. The van der Waals surface area contributed by atoms with Gasteiger partial charge in [-0.05, 0) is 18.2 Å². The molecule has 0 amide bonds. The number of pyridine rings is 1. The number of halogens is 1. The summed E-state index contributed by atoms with van der Waals surface area (Å²) in [5, 5.41) is 0. The Morgan fingerprint density at radius 1 is 1.15 bits per heavy atom. The van der Waals surface area contributed by atoms with E-state index in [-0.39, 0.29) is 0 Å². The van der Waals surface area contributed by atoms with Crippen molar-refractivity contribution in [1.82, 2.24) is 4.98 Å². The maximum absolute atomic E-state index is 7.44. The Bertz CT molecular complexity index is 442. The summed E-state index contributed by atoms with van der Waals surface area (Å²) < 4.78 is 8.35. The molecule has 0 saturated heterocycles. The molecule has 2 heteroatoms. The van der Waals surface area contributed by atoms with Crippen molar-refractivity contribution < 1.29 is 1.37 Å². The Labute approximate surface area is 87.0 Å². The molecule has 0 fully saturated rings. The molecule has 0 radical (unpaired) electrons. The van der Waals surface area contributed by atoms with E-state index in [0.717, 1.165) is 15.7 Å². The maximum Gasteiger partial charge on any atom is 0.0713 e. The van der Waals surface area contributed by atoms with E-state index in [0.29, 0.717) is 6.04 Å². The summed E-state index contributed by atoms with van der Waals surface area (Å²) in [5.74, 6) is 0. The molecule has 13 heavy (non-hydrogen) atoms. The lowest BCUT2D eigenvalue weighted by Gasteiger charge is -2.01. The number of benzene rings is 1. The highest BCUT2D eigenvalue weighted by atomic mass is 79.9. The van der Waals surface area contributed by atoms with E-state index in [9.17, 15) is 0 Å². The molecule has 1 aromatic heterocycles. The minimum Gasteiger partial charge on any atom is -0.256 e. The smallest absolute Gasteiger partial charge is 0.0713 e. The highest BCUT2D eigenvalue weighted by molar-refractivity contribution is 9.10. The number of aromatic nitrogens is 1. The lowest BCUT2D eigenvalue weighted by molar-refractivity contribution is 1.32. The SMILES string of the molecule is [2H]c1ccc(-c2ccccn2)c(Br)c1. The van der Waals surface area contributed by atoms with Gasteiger partial charge in [0.05, 0.1) is 7.06 Å². The normalized spacial score (nSPS) is 11.0. The summed E-state index contributed by atoms with van der Waals surface area (Å²) in [6, 6.07) is 11.7. The zero-order valence-electron chi connectivity index (χ0n) is 7.87. The van der Waals surface area contributed by atoms with Crippen molar-refractivity contribution in [2.75, 3.05) is 0 Å². The lowest BCUT2D eigenvalue weighted by atomic mass is 10.1. The first-order valence-corrected chi connectivity index (χ1v) is 4.74. The first-order valence-electron chi connectivity index (χ1n) is 4.45. The van der Waals surface area contributed by atoms with Gasteiger partial charge in [0, 0.05) is 16.2 Å². The molecular formula is C11H8BrN. The molecule has 0 bridgehead atoms. The van der Waals surface area contributed by atoms with Crippen LogP contribution in [0, 0.1) is 0 Å². The van der Waals surface area contributed by atoms with Crippen molar-refractivity contribution in [3.8, 4) is 11.3 Å². The molecule has 0 atom stereocenters. The molecule has 0 unspecified atom stereocenters. The third-order valence-corrected chi connectivity index (χ3v) is 2.41. The highest BCUT2D eigenvalue weighted by Crippen LogP contribution is 2.25. The van der Waals surface area contributed by atoms with Crippen LogP contribution in [-0.2, 0) is 0 Å². The molecule has 0 aliphatic carbocycles. The summed E-state index contributed by atoms with van der Waals surface area (Å²) in [7, 11) is 0. The Morgan fingerprint density at radius 3 is 2.77 bits per heavy atom. The van der Waals surface area contributed by atoms with Crippen LogP contribution >= 0.6 is 15.9 Å². The summed E-state index contributed by atoms with van der Waals surface area (Å²) >= 11 is 3.42. The van der Waals surface area contributed by atoms with Crippen LogP contribution in [0.15, 0.2) is 53.1 Å². The van der Waals surface area contributed by atoms with E-state index in [4.69, 9.17) is 1.37 Å². The van der Waals surface area contributed by atoms with Crippen molar-refractivity contribution in [3.05, 3.63) is 53.1 Å². The standard InChI is InChI=1S/C11H8BrN/c12-10-6-2-1-5-9(10)11-7-3-4-8-13-11/h1-8H/i2D. The van der Waals surface area contributed by atoms with E-state index in [1.807, 2.05) is 24.3 Å². The van der Waals surface area contributed by atoms with Gasteiger partial charge in [-0.25, -0.2) is 0 Å². The van der Waals surface area contributed by atoms with Crippen molar-refractivity contribution in [3.63, 3.8) is 0 Å². The van der Waals surface area contributed by atoms with E-state index in [1.54, 1.807) is 18.3 Å². The lowest BCUT2D eigenvalue weighted by Crippen LogP contribution is -1.82. The van der Waals surface area contributed by atoms with E-state index >= 15 is 0 Å². The van der Waals surface area contributed by atoms with Gasteiger partial charge in [-0.3, -0.25) is 4.98 Å². The van der Waals surface area contributed by atoms with Crippen LogP contribution in [0.25, 0.3) is 11.3 Å². The van der Waals surface area contributed by atoms with Crippen LogP contribution in [-0.4, -0.2) is 4.98 Å². The molecule has 0 N–H and O–H groups in total. The van der Waals surface area contributed by atoms with Crippen LogP contribution in [0.2, 0.25) is 0 Å². The van der Waals surface area contributed by atoms with Crippen LogP contribution in [0.1, 0.15) is 1.37 Å². The molecule has 2 aromatic rings. The quantitative estimate of drug-likeness (QED) is 0.736. The van der Waals surface area contributed by atoms with Crippen molar-refractivity contribution >= 4 is 15.9 Å². The van der Waals surface area contributed by atoms with Gasteiger partial charge in [-0.1, -0.05) is 40.2 Å². The van der Waals surface area contributed by atoms with Crippen LogP contribution in [0.5, 0.6) is 0 Å². The molecule has 1 nitrogen and oxygen atoms in total. The predicted molar refractivity (Wildman–Crippen MR) is 57.4 cm³/mol. The van der Waals surface area contributed by atoms with Crippen molar-refractivity contribution in [2.24, 2.45) is 0 Å². The van der Waals surface area contributed by atoms with Gasteiger partial charge in [0.1, 0.15) is 0 Å². The monoisotopic (exact) mass is 234 g/mol. The maximum atomic E-state index is 7.44. The first kappa shape index (κ1) is 7.27. The Balaban J connectivity index is 2.53. The minimum atomic E-state index is 0.497. The molecule has 2 rings (SSSR count). The topological polar surface area (TPSA) is 12.9 Å². The fraction of sp³-hybridized carbons (Fsp3) is 0. The molecule has 64 valence electrons.